The predicted octanol–water partition coefficient (Wildman–Crippen LogP) is 7.05. The molecule has 2 aliphatic heterocycles. The Balaban J connectivity index is 1.40. The first-order valence-corrected chi connectivity index (χ1v) is 16.2. The molecule has 7 heteroatoms. The number of rotatable bonds is 8. The van der Waals surface area contributed by atoms with Gasteiger partial charge in [0.1, 0.15) is 11.4 Å². The van der Waals surface area contributed by atoms with Crippen LogP contribution < -0.4 is 0 Å². The van der Waals surface area contributed by atoms with Crippen LogP contribution in [0.25, 0.3) is 5.57 Å². The maximum atomic E-state index is 13.7. The van der Waals surface area contributed by atoms with Crippen LogP contribution in [-0.4, -0.2) is 58.5 Å². The summed E-state index contributed by atoms with van der Waals surface area (Å²) in [4.78, 5) is 28.6. The Bertz CT molecular complexity index is 1440. The molecule has 1 atom stereocenters. The first kappa shape index (κ1) is 32.0. The molecular formula is C37H49N3O4. The SMILES string of the molecule is C=C(C1=C(CC(=C)C2CCOCC2)CCN(C(=O)OC(C)(C)C)C1)c1cccc2c1CC(=O)C(CCc1cnn(C)c1)CC2. The van der Waals surface area contributed by atoms with E-state index in [1.165, 1.54) is 22.3 Å². The smallest absolute Gasteiger partial charge is 0.410 e. The van der Waals surface area contributed by atoms with E-state index in [2.05, 4.69) is 36.5 Å². The van der Waals surface area contributed by atoms with E-state index in [0.29, 0.717) is 31.2 Å². The molecule has 1 aromatic heterocycles. The molecule has 1 amide bonds. The summed E-state index contributed by atoms with van der Waals surface area (Å²) in [6.45, 7) is 17.4. The number of carbonyl (C=O) groups is 2. The summed E-state index contributed by atoms with van der Waals surface area (Å²) in [5.41, 5.74) is 8.46. The largest absolute Gasteiger partial charge is 0.444 e. The standard InChI is InChI=1S/C37H49N3O4/c1-25(28-15-18-43-19-16-28)20-31-14-17-40(36(42)44-37(3,4)5)24-34(31)26(2)32-9-7-8-29-12-13-30(35(41)21-33(29)32)11-10-27-22-38-39(6)23-27/h7-9,22-23,28,30H,1-2,10-21,24H2,3-6H3. The number of amides is 1. The number of Topliss-reactive ketones (excluding diaryl/α,β-unsaturated/α-hetero) is 1. The second-order valence-electron chi connectivity index (χ2n) is 13.8. The lowest BCUT2D eigenvalue weighted by atomic mass is 9.81. The summed E-state index contributed by atoms with van der Waals surface area (Å²) in [7, 11) is 1.92. The van der Waals surface area contributed by atoms with Crippen molar-refractivity contribution in [2.45, 2.75) is 84.2 Å². The van der Waals surface area contributed by atoms with Gasteiger partial charge in [-0.1, -0.05) is 42.5 Å². The highest BCUT2D eigenvalue weighted by atomic mass is 16.6. The van der Waals surface area contributed by atoms with Gasteiger partial charge in [0.15, 0.2) is 0 Å². The van der Waals surface area contributed by atoms with E-state index in [9.17, 15) is 9.59 Å². The molecule has 3 heterocycles. The molecule has 0 N–H and O–H groups in total. The molecule has 5 rings (SSSR count). The first-order valence-electron chi connectivity index (χ1n) is 16.2. The summed E-state index contributed by atoms with van der Waals surface area (Å²) in [6, 6.07) is 6.36. The molecule has 2 aromatic rings. The molecule has 3 aliphatic rings. The second kappa shape index (κ2) is 13.7. The van der Waals surface area contributed by atoms with E-state index in [1.54, 1.807) is 4.90 Å². The molecule has 0 spiro atoms. The summed E-state index contributed by atoms with van der Waals surface area (Å²) < 4.78 is 13.2. The third kappa shape index (κ3) is 7.79. The highest BCUT2D eigenvalue weighted by Gasteiger charge is 2.31. The number of nitrogens with zero attached hydrogens (tertiary/aromatic N) is 3. The minimum atomic E-state index is -0.569. The zero-order valence-electron chi connectivity index (χ0n) is 27.1. The van der Waals surface area contributed by atoms with Crippen LogP contribution in [0.1, 0.15) is 81.5 Å². The Morgan fingerprint density at radius 3 is 2.61 bits per heavy atom. The number of ether oxygens (including phenoxy) is 2. The van der Waals surface area contributed by atoms with Gasteiger partial charge in [0, 0.05) is 51.9 Å². The molecule has 0 bridgehead atoms. The van der Waals surface area contributed by atoms with Crippen LogP contribution in [0.4, 0.5) is 4.79 Å². The lowest BCUT2D eigenvalue weighted by Gasteiger charge is -2.35. The lowest BCUT2D eigenvalue weighted by molar-refractivity contribution is -0.122. The van der Waals surface area contributed by atoms with Gasteiger partial charge in [-0.25, -0.2) is 4.79 Å². The molecule has 236 valence electrons. The molecule has 1 saturated heterocycles. The normalized spacial score (nSPS) is 19.9. The summed E-state index contributed by atoms with van der Waals surface area (Å²) in [5.74, 6) is 0.775. The fraction of sp³-hybridized carbons (Fsp3) is 0.541. The minimum Gasteiger partial charge on any atom is -0.444 e. The Morgan fingerprint density at radius 1 is 1.14 bits per heavy atom. The van der Waals surface area contributed by atoms with Crippen molar-refractivity contribution in [1.82, 2.24) is 14.7 Å². The zero-order valence-corrected chi connectivity index (χ0v) is 27.1. The maximum absolute atomic E-state index is 13.7. The number of allylic oxidation sites excluding steroid dienone is 1. The van der Waals surface area contributed by atoms with E-state index in [4.69, 9.17) is 9.47 Å². The van der Waals surface area contributed by atoms with Gasteiger partial charge in [-0.3, -0.25) is 9.48 Å². The van der Waals surface area contributed by atoms with Gasteiger partial charge in [-0.2, -0.15) is 5.10 Å². The fourth-order valence-corrected chi connectivity index (χ4v) is 6.89. The first-order chi connectivity index (χ1) is 21.0. The minimum absolute atomic E-state index is 0.0265. The van der Waals surface area contributed by atoms with Crippen molar-refractivity contribution >= 4 is 17.4 Å². The van der Waals surface area contributed by atoms with E-state index in [1.807, 2.05) is 44.9 Å². The van der Waals surface area contributed by atoms with E-state index in [-0.39, 0.29) is 12.0 Å². The Labute approximate surface area is 263 Å². The average Bonchev–Trinajstić information content (AvgIpc) is 3.33. The van der Waals surface area contributed by atoms with Crippen LogP contribution in [0.5, 0.6) is 0 Å². The highest BCUT2D eigenvalue weighted by molar-refractivity contribution is 5.89. The van der Waals surface area contributed by atoms with E-state index < -0.39 is 5.60 Å². The summed E-state index contributed by atoms with van der Waals surface area (Å²) >= 11 is 0. The van der Waals surface area contributed by atoms with Crippen molar-refractivity contribution < 1.29 is 19.1 Å². The lowest BCUT2D eigenvalue weighted by Crippen LogP contribution is -2.41. The number of hydrogen-bond donors (Lipinski definition) is 0. The molecule has 0 saturated carbocycles. The van der Waals surface area contributed by atoms with Gasteiger partial charge < -0.3 is 14.4 Å². The van der Waals surface area contributed by atoms with Crippen LogP contribution in [-0.2, 0) is 40.6 Å². The number of carbonyl (C=O) groups excluding carboxylic acids is 2. The van der Waals surface area contributed by atoms with E-state index in [0.717, 1.165) is 86.9 Å². The summed E-state index contributed by atoms with van der Waals surface area (Å²) in [6.07, 6.45) is 11.0. The van der Waals surface area contributed by atoms with E-state index >= 15 is 0 Å². The van der Waals surface area contributed by atoms with Crippen molar-refractivity contribution in [1.29, 1.82) is 0 Å². The van der Waals surface area contributed by atoms with Gasteiger partial charge >= 0.3 is 6.09 Å². The Kier molecular flexibility index (Phi) is 9.94. The Morgan fingerprint density at radius 2 is 1.91 bits per heavy atom. The molecular weight excluding hydrogens is 550 g/mol. The van der Waals surface area contributed by atoms with Crippen LogP contribution in [0.15, 0.2) is 60.5 Å². The Hall–Kier alpha value is -3.45. The van der Waals surface area contributed by atoms with Crippen molar-refractivity contribution in [3.8, 4) is 0 Å². The topological polar surface area (TPSA) is 73.7 Å². The van der Waals surface area contributed by atoms with Crippen molar-refractivity contribution in [2.24, 2.45) is 18.9 Å². The van der Waals surface area contributed by atoms with Gasteiger partial charge in [0.25, 0.3) is 0 Å². The third-order valence-electron chi connectivity index (χ3n) is 9.42. The maximum Gasteiger partial charge on any atom is 0.410 e. The predicted molar refractivity (Wildman–Crippen MR) is 174 cm³/mol. The van der Waals surface area contributed by atoms with Gasteiger partial charge in [-0.05, 0) is 111 Å². The molecule has 1 aromatic carbocycles. The van der Waals surface area contributed by atoms with Crippen LogP contribution in [0, 0.1) is 11.8 Å². The molecule has 1 fully saturated rings. The third-order valence-corrected chi connectivity index (χ3v) is 9.42. The number of hydrogen-bond acceptors (Lipinski definition) is 5. The van der Waals surface area contributed by atoms with Crippen molar-refractivity contribution in [2.75, 3.05) is 26.3 Å². The van der Waals surface area contributed by atoms with Crippen molar-refractivity contribution in [3.05, 3.63) is 82.7 Å². The molecule has 7 nitrogen and oxygen atoms in total. The average molecular weight is 600 g/mol. The number of aryl methyl sites for hydroxylation is 3. The summed E-state index contributed by atoms with van der Waals surface area (Å²) in [5, 5.41) is 4.28. The van der Waals surface area contributed by atoms with Gasteiger partial charge in [0.05, 0.1) is 6.20 Å². The highest BCUT2D eigenvalue weighted by Crippen LogP contribution is 2.38. The number of benzene rings is 1. The quantitative estimate of drug-likeness (QED) is 0.240. The fourth-order valence-electron chi connectivity index (χ4n) is 6.89. The van der Waals surface area contributed by atoms with Gasteiger partial charge in [0.2, 0.25) is 0 Å². The van der Waals surface area contributed by atoms with Crippen LogP contribution >= 0.6 is 0 Å². The van der Waals surface area contributed by atoms with Crippen LogP contribution in [0.2, 0.25) is 0 Å². The molecule has 44 heavy (non-hydrogen) atoms. The number of fused-ring (bicyclic) bond motifs is 1. The molecule has 1 aliphatic carbocycles. The molecule has 1 unspecified atom stereocenters. The molecule has 0 radical (unpaired) electrons. The monoisotopic (exact) mass is 599 g/mol. The zero-order chi connectivity index (χ0) is 31.4. The second-order valence-corrected chi connectivity index (χ2v) is 13.8. The van der Waals surface area contributed by atoms with Crippen molar-refractivity contribution in [3.63, 3.8) is 0 Å². The number of ketones is 1. The van der Waals surface area contributed by atoms with Gasteiger partial charge in [-0.15, -0.1) is 0 Å². The van der Waals surface area contributed by atoms with Crippen LogP contribution in [0.3, 0.4) is 0 Å². The number of aromatic nitrogens is 2.